The number of hydrogen-bond acceptors (Lipinski definition) is 10. The number of ether oxygens (including phenoxy) is 4. The lowest BCUT2D eigenvalue weighted by atomic mass is 9.99. The minimum Gasteiger partial charge on any atom is -0.462 e. The van der Waals surface area contributed by atoms with Crippen molar-refractivity contribution in [3.63, 3.8) is 0 Å². The smallest absolute Gasteiger partial charge is 0.306 e. The lowest BCUT2D eigenvalue weighted by Gasteiger charge is -2.39. The van der Waals surface area contributed by atoms with Gasteiger partial charge in [0.05, 0.1) is 13.2 Å². The molecule has 0 aliphatic carbocycles. The molecule has 4 N–H and O–H groups in total. The summed E-state index contributed by atoms with van der Waals surface area (Å²) < 4.78 is 22.1. The number of esters is 2. The van der Waals surface area contributed by atoms with Crippen molar-refractivity contribution in [2.45, 2.75) is 192 Å². The fraction of sp³-hybridized carbons (Fsp3) is 0.767. The van der Waals surface area contributed by atoms with E-state index in [1.807, 2.05) is 0 Å². The van der Waals surface area contributed by atoms with Gasteiger partial charge in [0.2, 0.25) is 0 Å². The highest BCUT2D eigenvalue weighted by Crippen LogP contribution is 2.22. The normalized spacial score (nSPS) is 21.4. The minimum atomic E-state index is -1.60. The number of hydrogen-bond donors (Lipinski definition) is 4. The Morgan fingerprint density at radius 1 is 0.604 bits per heavy atom. The Balaban J connectivity index is 2.40. The molecule has 0 aromatic carbocycles. The van der Waals surface area contributed by atoms with E-state index >= 15 is 0 Å². The van der Waals surface area contributed by atoms with Crippen molar-refractivity contribution in [1.29, 1.82) is 0 Å². The van der Waals surface area contributed by atoms with E-state index in [1.54, 1.807) is 0 Å². The first-order valence-corrected chi connectivity index (χ1v) is 20.7. The quantitative estimate of drug-likeness (QED) is 0.0294. The first kappa shape index (κ1) is 48.7. The number of carbonyl (C=O) groups is 2. The Morgan fingerprint density at radius 2 is 1.11 bits per heavy atom. The zero-order chi connectivity index (χ0) is 38.8. The molecule has 2 unspecified atom stereocenters. The zero-order valence-corrected chi connectivity index (χ0v) is 33.0. The van der Waals surface area contributed by atoms with Gasteiger partial charge >= 0.3 is 11.9 Å². The van der Waals surface area contributed by atoms with Gasteiger partial charge in [-0.15, -0.1) is 0 Å². The van der Waals surface area contributed by atoms with Crippen molar-refractivity contribution in [3.05, 3.63) is 48.6 Å². The Kier molecular flexibility index (Phi) is 31.4. The second kappa shape index (κ2) is 34.2. The highest BCUT2D eigenvalue weighted by molar-refractivity contribution is 5.70. The molecule has 0 saturated carbocycles. The molecule has 0 aromatic heterocycles. The SMILES string of the molecule is CC/C=C/C/C=C/C/C=C/C/C=C/CCCCC(=O)OC[C@@H](CO[C@H]1O[C@@H](CO)[C@@H](O)C(O)C1O)OC(=O)CCCCCCCCCCCCCCC. The lowest BCUT2D eigenvalue weighted by Crippen LogP contribution is -2.59. The molecule has 10 heteroatoms. The number of aliphatic hydroxyl groups is 4. The molecule has 1 rings (SSSR count). The Labute approximate surface area is 320 Å². The first-order valence-electron chi connectivity index (χ1n) is 20.7. The highest BCUT2D eigenvalue weighted by atomic mass is 16.7. The number of unbranched alkanes of at least 4 members (excludes halogenated alkanes) is 14. The molecule has 1 saturated heterocycles. The van der Waals surface area contributed by atoms with Crippen LogP contribution in [0, 0.1) is 0 Å². The van der Waals surface area contributed by atoms with Crippen LogP contribution in [0.15, 0.2) is 48.6 Å². The summed E-state index contributed by atoms with van der Waals surface area (Å²) >= 11 is 0. The van der Waals surface area contributed by atoms with Crippen LogP contribution < -0.4 is 0 Å². The maximum absolute atomic E-state index is 12.7. The second-order valence-electron chi connectivity index (χ2n) is 14.1. The van der Waals surface area contributed by atoms with Gasteiger partial charge in [0.1, 0.15) is 31.0 Å². The van der Waals surface area contributed by atoms with Gasteiger partial charge in [-0.1, -0.05) is 140 Å². The zero-order valence-electron chi connectivity index (χ0n) is 33.0. The number of allylic oxidation sites excluding steroid dienone is 8. The van der Waals surface area contributed by atoms with Crippen molar-refractivity contribution in [2.75, 3.05) is 19.8 Å². The molecule has 53 heavy (non-hydrogen) atoms. The summed E-state index contributed by atoms with van der Waals surface area (Å²) in [7, 11) is 0. The third kappa shape index (κ3) is 26.2. The van der Waals surface area contributed by atoms with Gasteiger partial charge in [-0.2, -0.15) is 0 Å². The molecular formula is C43H74O10. The molecule has 0 bridgehead atoms. The van der Waals surface area contributed by atoms with E-state index < -0.39 is 55.4 Å². The molecule has 1 aliphatic heterocycles. The summed E-state index contributed by atoms with van der Waals surface area (Å²) in [6.07, 6.45) is 31.2. The van der Waals surface area contributed by atoms with E-state index in [4.69, 9.17) is 18.9 Å². The lowest BCUT2D eigenvalue weighted by molar-refractivity contribution is -0.305. The third-order valence-electron chi connectivity index (χ3n) is 9.23. The van der Waals surface area contributed by atoms with Crippen LogP contribution in [0.3, 0.4) is 0 Å². The molecular weight excluding hydrogens is 676 g/mol. The van der Waals surface area contributed by atoms with Crippen LogP contribution in [0.5, 0.6) is 0 Å². The van der Waals surface area contributed by atoms with E-state index in [0.717, 1.165) is 57.8 Å². The minimum absolute atomic E-state index is 0.222. The van der Waals surface area contributed by atoms with Crippen LogP contribution in [-0.2, 0) is 28.5 Å². The van der Waals surface area contributed by atoms with Crippen molar-refractivity contribution in [1.82, 2.24) is 0 Å². The van der Waals surface area contributed by atoms with Crippen LogP contribution in [0.2, 0.25) is 0 Å². The predicted molar refractivity (Wildman–Crippen MR) is 210 cm³/mol. The summed E-state index contributed by atoms with van der Waals surface area (Å²) in [5.74, 6) is -0.856. The Morgan fingerprint density at radius 3 is 1.68 bits per heavy atom. The van der Waals surface area contributed by atoms with Crippen LogP contribution in [-0.4, -0.2) is 89.0 Å². The van der Waals surface area contributed by atoms with Crippen molar-refractivity contribution in [3.8, 4) is 0 Å². The molecule has 1 heterocycles. The van der Waals surface area contributed by atoms with Gasteiger partial charge in [0.25, 0.3) is 0 Å². The van der Waals surface area contributed by atoms with Crippen LogP contribution in [0.1, 0.15) is 155 Å². The number of aliphatic hydroxyl groups excluding tert-OH is 4. The highest BCUT2D eigenvalue weighted by Gasteiger charge is 2.44. The Bertz CT molecular complexity index is 1010. The summed E-state index contributed by atoms with van der Waals surface area (Å²) in [6.45, 7) is 3.25. The molecule has 1 aliphatic rings. The molecule has 10 nitrogen and oxygen atoms in total. The van der Waals surface area contributed by atoms with Crippen LogP contribution in [0.4, 0.5) is 0 Å². The topological polar surface area (TPSA) is 152 Å². The van der Waals surface area contributed by atoms with Gasteiger partial charge in [-0.3, -0.25) is 9.59 Å². The van der Waals surface area contributed by atoms with Crippen LogP contribution >= 0.6 is 0 Å². The summed E-state index contributed by atoms with van der Waals surface area (Å²) in [6, 6.07) is 0. The molecule has 1 fully saturated rings. The monoisotopic (exact) mass is 751 g/mol. The molecule has 0 aromatic rings. The van der Waals surface area contributed by atoms with Crippen molar-refractivity contribution < 1.29 is 49.0 Å². The van der Waals surface area contributed by atoms with Crippen LogP contribution in [0.25, 0.3) is 0 Å². The van der Waals surface area contributed by atoms with E-state index in [9.17, 15) is 30.0 Å². The standard InChI is InChI=1S/C43H74O10/c1-3-5-7-9-11-13-15-17-18-20-21-23-25-27-29-31-38(45)50-34-36(35-51-43-42(49)41(48)40(47)37(33-44)53-43)52-39(46)32-30-28-26-24-22-19-16-14-12-10-8-6-4-2/h5,7,11,13,17-18,21,23,36-37,40-44,47-49H,3-4,6,8-10,12,14-16,19-20,22,24-35H2,1-2H3/b7-5+,13-11+,18-17+,23-21+/t36-,37-,40+,41?,42?,43-/m0/s1. The first-order chi connectivity index (χ1) is 25.8. The largest absolute Gasteiger partial charge is 0.462 e. The maximum atomic E-state index is 12.7. The van der Waals surface area contributed by atoms with Gasteiger partial charge in [-0.05, 0) is 51.4 Å². The molecule has 0 radical (unpaired) electrons. The summed E-state index contributed by atoms with van der Waals surface area (Å²) in [5, 5.41) is 40.0. The maximum Gasteiger partial charge on any atom is 0.306 e. The predicted octanol–water partition coefficient (Wildman–Crippen LogP) is 8.10. The third-order valence-corrected chi connectivity index (χ3v) is 9.23. The summed E-state index contributed by atoms with van der Waals surface area (Å²) in [4.78, 5) is 25.2. The fourth-order valence-corrected chi connectivity index (χ4v) is 5.94. The second-order valence-corrected chi connectivity index (χ2v) is 14.1. The Hall–Kier alpha value is -2.34. The molecule has 0 amide bonds. The number of rotatable bonds is 33. The molecule has 0 spiro atoms. The number of carbonyl (C=O) groups excluding carboxylic acids is 2. The van der Waals surface area contributed by atoms with E-state index in [1.165, 1.54) is 57.8 Å². The molecule has 6 atom stereocenters. The van der Waals surface area contributed by atoms with Crippen molar-refractivity contribution >= 4 is 11.9 Å². The van der Waals surface area contributed by atoms with Gasteiger partial charge in [-0.25, -0.2) is 0 Å². The summed E-state index contributed by atoms with van der Waals surface area (Å²) in [5.41, 5.74) is 0. The fourth-order valence-electron chi connectivity index (χ4n) is 5.94. The van der Waals surface area contributed by atoms with E-state index in [-0.39, 0.29) is 26.1 Å². The van der Waals surface area contributed by atoms with Crippen molar-refractivity contribution in [2.24, 2.45) is 0 Å². The average Bonchev–Trinajstić information content (AvgIpc) is 3.15. The average molecular weight is 751 g/mol. The van der Waals surface area contributed by atoms with Gasteiger partial charge in [0, 0.05) is 12.8 Å². The van der Waals surface area contributed by atoms with Gasteiger partial charge in [0.15, 0.2) is 12.4 Å². The van der Waals surface area contributed by atoms with E-state index in [2.05, 4.69) is 62.5 Å². The van der Waals surface area contributed by atoms with E-state index in [0.29, 0.717) is 12.8 Å². The molecule has 306 valence electrons. The van der Waals surface area contributed by atoms with Gasteiger partial charge < -0.3 is 39.4 Å².